The number of hydrogen-bond donors (Lipinski definition) is 1. The van der Waals surface area contributed by atoms with Gasteiger partial charge in [-0.2, -0.15) is 0 Å². The lowest BCUT2D eigenvalue weighted by Crippen LogP contribution is -1.98. The minimum absolute atomic E-state index is 0.139. The van der Waals surface area contributed by atoms with Crippen molar-refractivity contribution in [2.24, 2.45) is 0 Å². The van der Waals surface area contributed by atoms with E-state index in [4.69, 9.17) is 14.0 Å². The summed E-state index contributed by atoms with van der Waals surface area (Å²) in [7, 11) is 0. The van der Waals surface area contributed by atoms with Gasteiger partial charge in [0.1, 0.15) is 23.9 Å². The molecule has 0 aliphatic heterocycles. The van der Waals surface area contributed by atoms with E-state index in [1.54, 1.807) is 0 Å². The number of ether oxygens (including phenoxy) is 2. The molecule has 0 saturated heterocycles. The van der Waals surface area contributed by atoms with Crippen molar-refractivity contribution in [2.45, 2.75) is 6.61 Å². The van der Waals surface area contributed by atoms with Crippen LogP contribution in [0, 0.1) is 0 Å². The molecule has 0 atom stereocenters. The van der Waals surface area contributed by atoms with Crippen LogP contribution in [0.2, 0.25) is 0 Å². The van der Waals surface area contributed by atoms with Gasteiger partial charge in [-0.05, 0) is 47.6 Å². The molecule has 0 bridgehead atoms. The van der Waals surface area contributed by atoms with Crippen LogP contribution in [0.4, 0.5) is 0 Å². The van der Waals surface area contributed by atoms with E-state index in [1.165, 1.54) is 6.07 Å². The normalized spacial score (nSPS) is 10.5. The molecule has 0 unspecified atom stereocenters. The van der Waals surface area contributed by atoms with E-state index in [9.17, 15) is 5.11 Å². The number of para-hydroxylation sites is 2. The molecule has 0 amide bonds. The van der Waals surface area contributed by atoms with Crippen molar-refractivity contribution >= 4 is 0 Å². The molecule has 0 aliphatic carbocycles. The molecule has 0 radical (unpaired) electrons. The van der Waals surface area contributed by atoms with Gasteiger partial charge < -0.3 is 19.1 Å². The third-order valence-corrected chi connectivity index (χ3v) is 3.97. The molecule has 1 heterocycles. The number of benzene rings is 3. The largest absolute Gasteiger partial charge is 0.491 e. The van der Waals surface area contributed by atoms with Crippen molar-refractivity contribution in [3.05, 3.63) is 90.5 Å². The zero-order chi connectivity index (χ0) is 18.5. The van der Waals surface area contributed by atoms with E-state index < -0.39 is 0 Å². The van der Waals surface area contributed by atoms with Crippen LogP contribution in [-0.2, 0) is 6.61 Å². The smallest absolute Gasteiger partial charge is 0.252 e. The Labute approximate surface area is 156 Å². The van der Waals surface area contributed by atoms with Crippen LogP contribution >= 0.6 is 0 Å². The van der Waals surface area contributed by atoms with Gasteiger partial charge in [-0.15, -0.1) is 0 Å². The molecule has 4 rings (SSSR count). The molecule has 27 heavy (non-hydrogen) atoms. The van der Waals surface area contributed by atoms with Crippen LogP contribution in [0.1, 0.15) is 5.56 Å². The number of aromatic nitrogens is 1. The SMILES string of the molecule is Oc1cc(-c2ccc(OCc3ccccc3Oc3ccccc3)cc2)on1. The summed E-state index contributed by atoms with van der Waals surface area (Å²) < 4.78 is 16.9. The first-order valence-corrected chi connectivity index (χ1v) is 8.48. The van der Waals surface area contributed by atoms with Crippen LogP contribution in [-0.4, -0.2) is 10.3 Å². The minimum Gasteiger partial charge on any atom is -0.491 e. The molecule has 0 fully saturated rings. The van der Waals surface area contributed by atoms with Crippen LogP contribution in [0.3, 0.4) is 0 Å². The maximum Gasteiger partial charge on any atom is 0.252 e. The van der Waals surface area contributed by atoms with Gasteiger partial charge in [0, 0.05) is 17.2 Å². The first-order valence-electron chi connectivity index (χ1n) is 8.48. The third-order valence-electron chi connectivity index (χ3n) is 3.97. The van der Waals surface area contributed by atoms with Crippen molar-refractivity contribution < 1.29 is 19.1 Å². The van der Waals surface area contributed by atoms with Crippen molar-refractivity contribution in [1.29, 1.82) is 0 Å². The highest BCUT2D eigenvalue weighted by Gasteiger charge is 2.08. The Hall–Kier alpha value is -3.73. The monoisotopic (exact) mass is 359 g/mol. The summed E-state index contributed by atoms with van der Waals surface area (Å²) in [5, 5.41) is 12.7. The fourth-order valence-electron chi connectivity index (χ4n) is 2.62. The fraction of sp³-hybridized carbons (Fsp3) is 0.0455. The Bertz CT molecular complexity index is 1010. The Balaban J connectivity index is 1.44. The van der Waals surface area contributed by atoms with E-state index in [2.05, 4.69) is 5.16 Å². The van der Waals surface area contributed by atoms with Gasteiger partial charge in [-0.1, -0.05) is 36.4 Å². The van der Waals surface area contributed by atoms with Gasteiger partial charge in [0.2, 0.25) is 0 Å². The second kappa shape index (κ2) is 7.66. The molecular weight excluding hydrogens is 342 g/mol. The van der Waals surface area contributed by atoms with Crippen molar-refractivity contribution in [1.82, 2.24) is 5.16 Å². The molecule has 1 N–H and O–H groups in total. The zero-order valence-corrected chi connectivity index (χ0v) is 14.4. The number of aromatic hydroxyl groups is 1. The second-order valence-corrected chi connectivity index (χ2v) is 5.89. The average molecular weight is 359 g/mol. The summed E-state index contributed by atoms with van der Waals surface area (Å²) in [6.07, 6.45) is 0. The average Bonchev–Trinajstić information content (AvgIpc) is 3.15. The van der Waals surface area contributed by atoms with E-state index in [0.717, 1.165) is 28.4 Å². The molecule has 5 nitrogen and oxygen atoms in total. The molecule has 0 spiro atoms. The van der Waals surface area contributed by atoms with Gasteiger partial charge in [-0.3, -0.25) is 0 Å². The first kappa shape index (κ1) is 16.7. The number of rotatable bonds is 6. The molecule has 0 aliphatic rings. The Morgan fingerprint density at radius 2 is 1.56 bits per heavy atom. The maximum atomic E-state index is 9.27. The van der Waals surface area contributed by atoms with Gasteiger partial charge in [0.25, 0.3) is 5.88 Å². The summed E-state index contributed by atoms with van der Waals surface area (Å²) in [5.41, 5.74) is 1.76. The molecule has 0 saturated carbocycles. The van der Waals surface area contributed by atoms with Crippen LogP contribution < -0.4 is 9.47 Å². The predicted molar refractivity (Wildman–Crippen MR) is 101 cm³/mol. The first-order chi connectivity index (χ1) is 13.3. The standard InChI is InChI=1S/C22H17NO4/c24-22-14-21(27-23-22)16-10-12-18(13-11-16)25-15-17-6-4-5-9-20(17)26-19-7-2-1-3-8-19/h1-14H,15H2,(H,23,24). The highest BCUT2D eigenvalue weighted by molar-refractivity contribution is 5.59. The van der Waals surface area contributed by atoms with Gasteiger partial charge in [-0.25, -0.2) is 0 Å². The summed E-state index contributed by atoms with van der Waals surface area (Å²) in [6, 6.07) is 26.3. The van der Waals surface area contributed by atoms with Crippen molar-refractivity contribution in [3.8, 4) is 34.5 Å². The van der Waals surface area contributed by atoms with Gasteiger partial charge in [0.05, 0.1) is 0 Å². The molecule has 134 valence electrons. The third kappa shape index (κ3) is 4.10. The van der Waals surface area contributed by atoms with Crippen molar-refractivity contribution in [3.63, 3.8) is 0 Å². The Morgan fingerprint density at radius 3 is 2.30 bits per heavy atom. The fourth-order valence-corrected chi connectivity index (χ4v) is 2.62. The molecular formula is C22H17NO4. The van der Waals surface area contributed by atoms with Crippen LogP contribution in [0.25, 0.3) is 11.3 Å². The van der Waals surface area contributed by atoms with E-state index >= 15 is 0 Å². The molecule has 5 heteroatoms. The maximum absolute atomic E-state index is 9.27. The highest BCUT2D eigenvalue weighted by atomic mass is 16.5. The van der Waals surface area contributed by atoms with E-state index in [1.807, 2.05) is 78.9 Å². The van der Waals surface area contributed by atoms with Crippen LogP contribution in [0.5, 0.6) is 23.1 Å². The molecule has 3 aromatic carbocycles. The molecule has 4 aromatic rings. The van der Waals surface area contributed by atoms with Gasteiger partial charge >= 0.3 is 0 Å². The second-order valence-electron chi connectivity index (χ2n) is 5.89. The molecule has 1 aromatic heterocycles. The highest BCUT2D eigenvalue weighted by Crippen LogP contribution is 2.28. The number of nitrogens with zero attached hydrogens (tertiary/aromatic N) is 1. The van der Waals surface area contributed by atoms with Crippen molar-refractivity contribution in [2.75, 3.05) is 0 Å². The zero-order valence-electron chi connectivity index (χ0n) is 14.4. The van der Waals surface area contributed by atoms with Gasteiger partial charge in [0.15, 0.2) is 5.76 Å². The lowest BCUT2D eigenvalue weighted by atomic mass is 10.1. The Kier molecular flexibility index (Phi) is 4.74. The number of hydrogen-bond acceptors (Lipinski definition) is 5. The van der Waals surface area contributed by atoms with E-state index in [-0.39, 0.29) is 5.88 Å². The predicted octanol–water partition coefficient (Wildman–Crippen LogP) is 5.42. The summed E-state index contributed by atoms with van der Waals surface area (Å²) in [5.74, 6) is 2.63. The lowest BCUT2D eigenvalue weighted by Gasteiger charge is -2.12. The minimum atomic E-state index is -0.139. The summed E-state index contributed by atoms with van der Waals surface area (Å²) >= 11 is 0. The Morgan fingerprint density at radius 1 is 0.815 bits per heavy atom. The van der Waals surface area contributed by atoms with E-state index in [0.29, 0.717) is 12.4 Å². The van der Waals surface area contributed by atoms with Crippen LogP contribution in [0.15, 0.2) is 89.5 Å². The lowest BCUT2D eigenvalue weighted by molar-refractivity contribution is 0.300. The summed E-state index contributed by atoms with van der Waals surface area (Å²) in [4.78, 5) is 0. The quantitative estimate of drug-likeness (QED) is 0.498. The topological polar surface area (TPSA) is 64.7 Å². The summed E-state index contributed by atoms with van der Waals surface area (Å²) in [6.45, 7) is 0.380.